The summed E-state index contributed by atoms with van der Waals surface area (Å²) in [6, 6.07) is 0. The highest BCUT2D eigenvalue weighted by Gasteiger charge is 2.24. The summed E-state index contributed by atoms with van der Waals surface area (Å²) in [5.41, 5.74) is 0. The van der Waals surface area contributed by atoms with E-state index in [0.717, 1.165) is 0 Å². The number of phosphoric ester groups is 1. The summed E-state index contributed by atoms with van der Waals surface area (Å²) in [6.45, 7) is 3.26. The van der Waals surface area contributed by atoms with Gasteiger partial charge in [-0.25, -0.2) is 4.57 Å². The van der Waals surface area contributed by atoms with E-state index in [1.165, 1.54) is 0 Å². The molecule has 0 heterocycles. The molecule has 0 radical (unpaired) electrons. The average Bonchev–Trinajstić information content (AvgIpc) is 2.20. The molecule has 86 valence electrons. The van der Waals surface area contributed by atoms with Crippen molar-refractivity contribution >= 4 is 7.82 Å². The molecule has 0 aromatic carbocycles. The fraction of sp³-hybridized carbons (Fsp3) is 0.455. The molecule has 0 aromatic heterocycles. The van der Waals surface area contributed by atoms with Gasteiger partial charge in [-0.2, -0.15) is 0 Å². The van der Waals surface area contributed by atoms with E-state index in [2.05, 4.69) is 28.2 Å². The molecule has 5 heteroatoms. The summed E-state index contributed by atoms with van der Waals surface area (Å²) < 4.78 is 15.1. The molecule has 3 atom stereocenters. The molecule has 0 saturated carbocycles. The Bertz CT molecular complexity index is 412. The molecule has 0 amide bonds. The van der Waals surface area contributed by atoms with Gasteiger partial charge in [-0.1, -0.05) is 23.7 Å². The summed E-state index contributed by atoms with van der Waals surface area (Å²) in [7, 11) is -4.61. The van der Waals surface area contributed by atoms with Gasteiger partial charge in [0.25, 0.3) is 0 Å². The van der Waals surface area contributed by atoms with Crippen molar-refractivity contribution in [2.24, 2.45) is 11.8 Å². The molecule has 0 saturated heterocycles. The van der Waals surface area contributed by atoms with Crippen LogP contribution in [-0.2, 0) is 9.09 Å². The topological polar surface area (TPSA) is 66.8 Å². The molecule has 4 nitrogen and oxygen atoms in total. The van der Waals surface area contributed by atoms with Crippen molar-refractivity contribution in [1.82, 2.24) is 0 Å². The first-order valence-electron chi connectivity index (χ1n) is 4.47. The number of hydrogen-bond acceptors (Lipinski definition) is 2. The minimum Gasteiger partial charge on any atom is -0.303 e. The van der Waals surface area contributed by atoms with Gasteiger partial charge >= 0.3 is 7.82 Å². The molecule has 0 aromatic rings. The van der Waals surface area contributed by atoms with Crippen molar-refractivity contribution in [2.75, 3.05) is 0 Å². The zero-order chi connectivity index (χ0) is 12.8. The van der Waals surface area contributed by atoms with Crippen LogP contribution in [0.2, 0.25) is 0 Å². The van der Waals surface area contributed by atoms with Gasteiger partial charge in [0.15, 0.2) is 0 Å². The van der Waals surface area contributed by atoms with Gasteiger partial charge in [0.1, 0.15) is 6.10 Å². The Morgan fingerprint density at radius 2 is 1.75 bits per heavy atom. The molecule has 0 aliphatic carbocycles. The second-order valence-corrected chi connectivity index (χ2v) is 4.34. The highest BCUT2D eigenvalue weighted by atomic mass is 31.2. The van der Waals surface area contributed by atoms with Crippen LogP contribution < -0.4 is 0 Å². The summed E-state index contributed by atoms with van der Waals surface area (Å²) >= 11 is 0. The van der Waals surface area contributed by atoms with E-state index in [-0.39, 0.29) is 5.92 Å². The highest BCUT2D eigenvalue weighted by Crippen LogP contribution is 2.38. The predicted molar refractivity (Wildman–Crippen MR) is 60.7 cm³/mol. The summed E-state index contributed by atoms with van der Waals surface area (Å²) in [5, 5.41) is 0. The van der Waals surface area contributed by atoms with E-state index in [1.54, 1.807) is 13.8 Å². The third-order valence-corrected chi connectivity index (χ3v) is 2.16. The SMILES string of the molecule is C#CC(C)C#CC(OP(=O)(O)O)C(C)C#C. The van der Waals surface area contributed by atoms with Crippen LogP contribution in [0.25, 0.3) is 0 Å². The van der Waals surface area contributed by atoms with Crippen molar-refractivity contribution in [2.45, 2.75) is 20.0 Å². The molecule has 0 aliphatic heterocycles. The molecule has 16 heavy (non-hydrogen) atoms. The monoisotopic (exact) mass is 240 g/mol. The zero-order valence-corrected chi connectivity index (χ0v) is 9.94. The van der Waals surface area contributed by atoms with Crippen LogP contribution in [0.15, 0.2) is 0 Å². The van der Waals surface area contributed by atoms with E-state index in [1.807, 2.05) is 0 Å². The molecule has 0 aliphatic rings. The van der Waals surface area contributed by atoms with Crippen LogP contribution in [-0.4, -0.2) is 15.9 Å². The van der Waals surface area contributed by atoms with Crippen molar-refractivity contribution < 1.29 is 18.9 Å². The fourth-order valence-electron chi connectivity index (χ4n) is 0.727. The van der Waals surface area contributed by atoms with Gasteiger partial charge < -0.3 is 9.79 Å². The summed E-state index contributed by atoms with van der Waals surface area (Å²) in [5.74, 6) is 8.96. The minimum absolute atomic E-state index is 0.326. The standard InChI is InChI=1S/C11H13O4P/c1-5-9(3)7-8-11(10(4)6-2)15-16(12,13)14/h1-2,9-11H,3-4H3,(H2,12,13,14). The number of terminal acetylenes is 2. The maximum absolute atomic E-state index is 10.7. The normalized spacial score (nSPS) is 15.9. The summed E-state index contributed by atoms with van der Waals surface area (Å²) in [4.78, 5) is 17.3. The smallest absolute Gasteiger partial charge is 0.303 e. The Labute approximate surface area is 95.6 Å². The van der Waals surface area contributed by atoms with E-state index in [9.17, 15) is 4.57 Å². The van der Waals surface area contributed by atoms with Crippen molar-refractivity contribution in [3.05, 3.63) is 0 Å². The Balaban J connectivity index is 4.84. The van der Waals surface area contributed by atoms with Crippen molar-refractivity contribution in [3.63, 3.8) is 0 Å². The third kappa shape index (κ3) is 6.31. The number of phosphoric acid groups is 1. The van der Waals surface area contributed by atoms with Crippen LogP contribution >= 0.6 is 7.82 Å². The van der Waals surface area contributed by atoms with Gasteiger partial charge in [-0.3, -0.25) is 4.52 Å². The van der Waals surface area contributed by atoms with Crippen LogP contribution in [0.4, 0.5) is 0 Å². The second kappa shape index (κ2) is 6.39. The molecule has 0 bridgehead atoms. The van der Waals surface area contributed by atoms with E-state index >= 15 is 0 Å². The van der Waals surface area contributed by atoms with Crippen LogP contribution in [0, 0.1) is 48.4 Å². The average molecular weight is 240 g/mol. The van der Waals surface area contributed by atoms with E-state index in [4.69, 9.17) is 22.6 Å². The molecule has 0 spiro atoms. The molecule has 2 N–H and O–H groups in total. The third-order valence-electron chi connectivity index (χ3n) is 1.66. The van der Waals surface area contributed by atoms with Crippen LogP contribution in [0.5, 0.6) is 0 Å². The highest BCUT2D eigenvalue weighted by molar-refractivity contribution is 7.46. The Kier molecular flexibility index (Phi) is 5.91. The van der Waals surface area contributed by atoms with Gasteiger partial charge in [-0.05, 0) is 13.8 Å². The van der Waals surface area contributed by atoms with E-state index < -0.39 is 19.8 Å². The van der Waals surface area contributed by atoms with Gasteiger partial charge in [0.2, 0.25) is 0 Å². The Morgan fingerprint density at radius 3 is 2.12 bits per heavy atom. The van der Waals surface area contributed by atoms with Gasteiger partial charge in [-0.15, -0.1) is 12.8 Å². The maximum Gasteiger partial charge on any atom is 0.470 e. The maximum atomic E-state index is 10.7. The molecular formula is C11H13O4P. The van der Waals surface area contributed by atoms with Crippen LogP contribution in [0.3, 0.4) is 0 Å². The largest absolute Gasteiger partial charge is 0.470 e. The lowest BCUT2D eigenvalue weighted by molar-refractivity contribution is 0.147. The molecular weight excluding hydrogens is 227 g/mol. The Morgan fingerprint density at radius 1 is 1.19 bits per heavy atom. The number of rotatable bonds is 3. The lowest BCUT2D eigenvalue weighted by atomic mass is 10.1. The number of hydrogen-bond donors (Lipinski definition) is 2. The van der Waals surface area contributed by atoms with E-state index in [0.29, 0.717) is 0 Å². The molecule has 0 rings (SSSR count). The first-order valence-corrected chi connectivity index (χ1v) is 6.00. The van der Waals surface area contributed by atoms with Crippen LogP contribution in [0.1, 0.15) is 13.8 Å². The van der Waals surface area contributed by atoms with Gasteiger partial charge in [0, 0.05) is 0 Å². The minimum atomic E-state index is -4.61. The lowest BCUT2D eigenvalue weighted by Crippen LogP contribution is -2.17. The molecule has 3 unspecified atom stereocenters. The summed E-state index contributed by atoms with van der Waals surface area (Å²) in [6.07, 6.45) is 9.22. The first-order chi connectivity index (χ1) is 7.30. The second-order valence-electron chi connectivity index (χ2n) is 3.15. The predicted octanol–water partition coefficient (Wildman–Crippen LogP) is 1.01. The van der Waals surface area contributed by atoms with Crippen molar-refractivity contribution in [1.29, 1.82) is 0 Å². The van der Waals surface area contributed by atoms with Crippen molar-refractivity contribution in [3.8, 4) is 36.5 Å². The first kappa shape index (κ1) is 14.8. The zero-order valence-electron chi connectivity index (χ0n) is 9.04. The van der Waals surface area contributed by atoms with Gasteiger partial charge in [0.05, 0.1) is 11.8 Å². The fourth-order valence-corrected chi connectivity index (χ4v) is 1.26. The molecule has 0 fully saturated rings. The lowest BCUT2D eigenvalue weighted by Gasteiger charge is -2.15. The quantitative estimate of drug-likeness (QED) is 0.570. The Hall–Kier alpha value is -1.21.